The second kappa shape index (κ2) is 10.5. The minimum Gasteiger partial charge on any atom is -0.501 e. The molecule has 8 heteroatoms. The molecule has 2 saturated heterocycles. The third kappa shape index (κ3) is 4.12. The number of hydrogen-bond donors (Lipinski definition) is 0. The van der Waals surface area contributed by atoms with Gasteiger partial charge in [0.25, 0.3) is 5.91 Å². The minimum absolute atomic E-state index is 0.0379. The highest BCUT2D eigenvalue weighted by molar-refractivity contribution is 8.06. The quantitative estimate of drug-likeness (QED) is 0.472. The van der Waals surface area contributed by atoms with Crippen LogP contribution in [0.2, 0.25) is 0 Å². The number of fused-ring (bicyclic) bond motifs is 2. The van der Waals surface area contributed by atoms with E-state index in [0.717, 1.165) is 29.9 Å². The van der Waals surface area contributed by atoms with E-state index in [-0.39, 0.29) is 29.9 Å². The lowest BCUT2D eigenvalue weighted by Crippen LogP contribution is -2.54. The monoisotopic (exact) mass is 513 g/mol. The number of amides is 3. The normalized spacial score (nSPS) is 27.9. The SMILES string of the molecule is C=CSC(=CC)C(=O)N1CCC2(CC1)C1=CC(C)C3=C(C=C(OC)C(C)C3OC)CN1C(=O)N2CC. The van der Waals surface area contributed by atoms with Gasteiger partial charge in [-0.2, -0.15) is 0 Å². The summed E-state index contributed by atoms with van der Waals surface area (Å²) in [4.78, 5) is 33.5. The Balaban J connectivity index is 1.68. The van der Waals surface area contributed by atoms with Gasteiger partial charge in [0.1, 0.15) is 5.76 Å². The van der Waals surface area contributed by atoms with E-state index in [9.17, 15) is 9.59 Å². The van der Waals surface area contributed by atoms with E-state index in [2.05, 4.69) is 32.6 Å². The van der Waals surface area contributed by atoms with Gasteiger partial charge in [0.2, 0.25) is 0 Å². The number of carbonyl (C=O) groups is 2. The lowest BCUT2D eigenvalue weighted by atomic mass is 9.78. The van der Waals surface area contributed by atoms with Crippen molar-refractivity contribution in [3.05, 3.63) is 57.7 Å². The molecule has 0 saturated carbocycles. The first kappa shape index (κ1) is 26.6. The van der Waals surface area contributed by atoms with Gasteiger partial charge in [0.05, 0.1) is 30.2 Å². The Hall–Kier alpha value is -2.45. The fraction of sp³-hybridized carbons (Fsp3) is 0.571. The molecule has 0 N–H and O–H groups in total. The van der Waals surface area contributed by atoms with Crippen molar-refractivity contribution in [1.29, 1.82) is 0 Å². The van der Waals surface area contributed by atoms with Crippen LogP contribution in [-0.2, 0) is 14.3 Å². The number of hydrogen-bond acceptors (Lipinski definition) is 5. The molecule has 0 aromatic heterocycles. The van der Waals surface area contributed by atoms with E-state index in [1.807, 2.05) is 34.6 Å². The topological polar surface area (TPSA) is 62.3 Å². The maximum absolute atomic E-state index is 13.8. The summed E-state index contributed by atoms with van der Waals surface area (Å²) in [5.41, 5.74) is 2.99. The highest BCUT2D eigenvalue weighted by atomic mass is 32.2. The van der Waals surface area contributed by atoms with Crippen molar-refractivity contribution >= 4 is 23.7 Å². The van der Waals surface area contributed by atoms with Crippen LogP contribution in [0.15, 0.2) is 57.7 Å². The maximum Gasteiger partial charge on any atom is 0.325 e. The summed E-state index contributed by atoms with van der Waals surface area (Å²) >= 11 is 1.36. The van der Waals surface area contributed by atoms with Gasteiger partial charge in [-0.15, -0.1) is 0 Å². The number of allylic oxidation sites excluding steroid dienone is 2. The van der Waals surface area contributed by atoms with E-state index in [1.54, 1.807) is 19.6 Å². The molecule has 3 unspecified atom stereocenters. The Labute approximate surface area is 219 Å². The number of carbonyl (C=O) groups excluding carboxylic acids is 2. The largest absolute Gasteiger partial charge is 0.501 e. The Morgan fingerprint density at radius 3 is 2.53 bits per heavy atom. The number of ether oxygens (including phenoxy) is 2. The predicted molar refractivity (Wildman–Crippen MR) is 144 cm³/mol. The first-order valence-electron chi connectivity index (χ1n) is 12.8. The van der Waals surface area contributed by atoms with Crippen LogP contribution in [0.4, 0.5) is 4.79 Å². The van der Waals surface area contributed by atoms with Gasteiger partial charge in [0.15, 0.2) is 0 Å². The van der Waals surface area contributed by atoms with Crippen LogP contribution in [0, 0.1) is 11.8 Å². The average molecular weight is 514 g/mol. The molecule has 4 aliphatic rings. The van der Waals surface area contributed by atoms with Crippen molar-refractivity contribution < 1.29 is 19.1 Å². The molecule has 3 heterocycles. The van der Waals surface area contributed by atoms with Crippen molar-refractivity contribution in [3.63, 3.8) is 0 Å². The minimum atomic E-state index is -0.408. The summed E-state index contributed by atoms with van der Waals surface area (Å²) in [6.45, 7) is 14.3. The fourth-order valence-corrected chi connectivity index (χ4v) is 7.05. The van der Waals surface area contributed by atoms with Gasteiger partial charge in [0, 0.05) is 44.3 Å². The summed E-state index contributed by atoms with van der Waals surface area (Å²) in [7, 11) is 3.44. The number of urea groups is 1. The Morgan fingerprint density at radius 2 is 1.97 bits per heavy atom. The molecule has 1 spiro atoms. The van der Waals surface area contributed by atoms with Crippen molar-refractivity contribution in [2.75, 3.05) is 40.4 Å². The van der Waals surface area contributed by atoms with Gasteiger partial charge in [-0.25, -0.2) is 4.79 Å². The summed E-state index contributed by atoms with van der Waals surface area (Å²) in [5, 5.41) is 1.69. The van der Waals surface area contributed by atoms with Crippen LogP contribution in [0.25, 0.3) is 0 Å². The molecule has 1 aliphatic carbocycles. The zero-order valence-corrected chi connectivity index (χ0v) is 23.2. The van der Waals surface area contributed by atoms with Crippen LogP contribution in [-0.4, -0.2) is 78.7 Å². The summed E-state index contributed by atoms with van der Waals surface area (Å²) in [6.07, 6.45) is 7.57. The molecular weight excluding hydrogens is 474 g/mol. The molecule has 0 radical (unpaired) electrons. The molecule has 4 rings (SSSR count). The second-order valence-electron chi connectivity index (χ2n) is 9.89. The predicted octanol–water partition coefficient (Wildman–Crippen LogP) is 4.91. The van der Waals surface area contributed by atoms with Crippen molar-refractivity contribution in [3.8, 4) is 0 Å². The lowest BCUT2D eigenvalue weighted by Gasteiger charge is -2.44. The lowest BCUT2D eigenvalue weighted by molar-refractivity contribution is -0.128. The highest BCUT2D eigenvalue weighted by Gasteiger charge is 2.55. The standard InChI is InChI=1S/C28H39N3O4S/c1-8-22(36-10-3)26(32)29-13-11-28(12-14-29)23-15-18(4)24-20(17-30(23)27(33)31(28)9-2)16-21(34-6)19(5)25(24)35-7/h8,10,15-16,18-19,25H,3,9,11-14,17H2,1-2,4-7H3. The summed E-state index contributed by atoms with van der Waals surface area (Å²) in [6, 6.07) is 0.0424. The van der Waals surface area contributed by atoms with Gasteiger partial charge in [-0.1, -0.05) is 44.3 Å². The third-order valence-electron chi connectivity index (χ3n) is 8.24. The second-order valence-corrected chi connectivity index (χ2v) is 10.9. The average Bonchev–Trinajstić information content (AvgIpc) is 2.98. The number of likely N-dealkylation sites (tertiary alicyclic amines) is 1. The van der Waals surface area contributed by atoms with Gasteiger partial charge < -0.3 is 19.3 Å². The fourth-order valence-electron chi connectivity index (χ4n) is 6.50. The number of methoxy groups -OCH3 is 2. The van der Waals surface area contributed by atoms with Crippen LogP contribution < -0.4 is 0 Å². The highest BCUT2D eigenvalue weighted by Crippen LogP contribution is 2.48. The van der Waals surface area contributed by atoms with Crippen molar-refractivity contribution in [1.82, 2.24) is 14.7 Å². The molecule has 0 bridgehead atoms. The molecule has 3 aliphatic heterocycles. The van der Waals surface area contributed by atoms with Crippen molar-refractivity contribution in [2.24, 2.45) is 11.8 Å². The number of likely N-dealkylation sites (N-methyl/N-ethyl adjacent to an activating group) is 1. The van der Waals surface area contributed by atoms with E-state index >= 15 is 0 Å². The van der Waals surface area contributed by atoms with Gasteiger partial charge in [-0.3, -0.25) is 9.69 Å². The Bertz CT molecular complexity index is 1050. The molecule has 2 fully saturated rings. The summed E-state index contributed by atoms with van der Waals surface area (Å²) in [5.74, 6) is 1.14. The van der Waals surface area contributed by atoms with Gasteiger partial charge in [-0.05, 0) is 49.3 Å². The van der Waals surface area contributed by atoms with E-state index in [0.29, 0.717) is 31.1 Å². The third-order valence-corrected chi connectivity index (χ3v) is 9.07. The molecule has 0 aromatic rings. The smallest absolute Gasteiger partial charge is 0.325 e. The maximum atomic E-state index is 13.8. The van der Waals surface area contributed by atoms with Crippen LogP contribution in [0.5, 0.6) is 0 Å². The molecule has 36 heavy (non-hydrogen) atoms. The van der Waals surface area contributed by atoms with Gasteiger partial charge >= 0.3 is 6.03 Å². The number of nitrogens with zero attached hydrogens (tertiary/aromatic N) is 3. The molecule has 0 aromatic carbocycles. The van der Waals surface area contributed by atoms with E-state index in [4.69, 9.17) is 9.47 Å². The molecule has 7 nitrogen and oxygen atoms in total. The first-order chi connectivity index (χ1) is 17.3. The first-order valence-corrected chi connectivity index (χ1v) is 13.7. The number of thioether (sulfide) groups is 1. The molecule has 3 amide bonds. The molecule has 3 atom stereocenters. The zero-order chi connectivity index (χ0) is 26.2. The zero-order valence-electron chi connectivity index (χ0n) is 22.4. The Morgan fingerprint density at radius 1 is 1.28 bits per heavy atom. The van der Waals surface area contributed by atoms with Crippen LogP contribution in [0.1, 0.15) is 40.5 Å². The van der Waals surface area contributed by atoms with Crippen LogP contribution in [0.3, 0.4) is 0 Å². The Kier molecular flexibility index (Phi) is 7.76. The summed E-state index contributed by atoms with van der Waals surface area (Å²) < 4.78 is 11.7. The van der Waals surface area contributed by atoms with Crippen LogP contribution >= 0.6 is 11.8 Å². The molecule has 196 valence electrons. The van der Waals surface area contributed by atoms with E-state index < -0.39 is 5.54 Å². The van der Waals surface area contributed by atoms with E-state index in [1.165, 1.54) is 17.3 Å². The molecular formula is C28H39N3O4S. The van der Waals surface area contributed by atoms with Crippen molar-refractivity contribution in [2.45, 2.75) is 52.2 Å². The number of rotatable bonds is 6. The number of piperidine rings is 1.